The Morgan fingerprint density at radius 1 is 1.03 bits per heavy atom. The second-order valence-electron chi connectivity index (χ2n) is 7.96. The Labute approximate surface area is 199 Å². The summed E-state index contributed by atoms with van der Waals surface area (Å²) in [7, 11) is -2.18. The summed E-state index contributed by atoms with van der Waals surface area (Å²) in [6.45, 7) is 5.82. The molecule has 1 N–H and O–H groups in total. The van der Waals surface area contributed by atoms with Crippen molar-refractivity contribution >= 4 is 27.5 Å². The molecule has 0 radical (unpaired) electrons. The van der Waals surface area contributed by atoms with Crippen LogP contribution in [0.15, 0.2) is 65.6 Å². The van der Waals surface area contributed by atoms with Gasteiger partial charge in [0, 0.05) is 29.7 Å². The molecule has 0 fully saturated rings. The third kappa shape index (κ3) is 5.73. The van der Waals surface area contributed by atoms with Gasteiger partial charge < -0.3 is 14.0 Å². The predicted molar refractivity (Wildman–Crippen MR) is 129 cm³/mol. The largest absolute Gasteiger partial charge is 0.454 e. The number of carbonyl (C=O) groups excluding carboxylic acids is 2. The Hall–Kier alpha value is -3.43. The summed E-state index contributed by atoms with van der Waals surface area (Å²) in [4.78, 5) is 25.4. The molecule has 1 unspecified atom stereocenters. The Balaban J connectivity index is 1.68. The van der Waals surface area contributed by atoms with Gasteiger partial charge in [-0.1, -0.05) is 24.3 Å². The van der Waals surface area contributed by atoms with Gasteiger partial charge in [0.25, 0.3) is 10.0 Å². The number of rotatable bonds is 10. The molecule has 1 aromatic heterocycles. The summed E-state index contributed by atoms with van der Waals surface area (Å²) < 4.78 is 39.9. The van der Waals surface area contributed by atoms with E-state index in [1.807, 2.05) is 25.3 Å². The van der Waals surface area contributed by atoms with Crippen molar-refractivity contribution in [2.75, 3.05) is 25.0 Å². The molecule has 3 aromatic rings. The second kappa shape index (κ2) is 10.7. The lowest BCUT2D eigenvalue weighted by Gasteiger charge is -2.17. The smallest absolute Gasteiger partial charge is 0.338 e. The minimum Gasteiger partial charge on any atom is -0.454 e. The van der Waals surface area contributed by atoms with Crippen LogP contribution in [0, 0.1) is 13.8 Å². The van der Waals surface area contributed by atoms with Gasteiger partial charge in [0.15, 0.2) is 6.61 Å². The Morgan fingerprint density at radius 2 is 1.74 bits per heavy atom. The highest BCUT2D eigenvalue weighted by Crippen LogP contribution is 2.22. The standard InChI is InChI=1S/C25H28N2O6S/c1-17-13-23(19(3)27(17)18(2)15-32-4)24(28)16-33-25(29)20-9-8-10-21(14-20)26-34(30,31)22-11-6-5-7-12-22/h5-14,18,26H,15-16H2,1-4H3. The first-order valence-corrected chi connectivity index (χ1v) is 12.2. The van der Waals surface area contributed by atoms with E-state index in [2.05, 4.69) is 4.72 Å². The van der Waals surface area contributed by atoms with Crippen LogP contribution in [0.5, 0.6) is 0 Å². The van der Waals surface area contributed by atoms with Gasteiger partial charge in [-0.25, -0.2) is 13.2 Å². The Morgan fingerprint density at radius 3 is 2.41 bits per heavy atom. The zero-order chi connectivity index (χ0) is 24.9. The summed E-state index contributed by atoms with van der Waals surface area (Å²) in [6.07, 6.45) is 0. The molecular weight excluding hydrogens is 456 g/mol. The molecule has 0 saturated carbocycles. The number of methoxy groups -OCH3 is 1. The molecule has 0 saturated heterocycles. The van der Waals surface area contributed by atoms with E-state index in [4.69, 9.17) is 9.47 Å². The number of nitrogens with one attached hydrogen (secondary N) is 1. The van der Waals surface area contributed by atoms with Crippen LogP contribution in [0.2, 0.25) is 0 Å². The highest BCUT2D eigenvalue weighted by molar-refractivity contribution is 7.92. The van der Waals surface area contributed by atoms with Crippen molar-refractivity contribution in [2.45, 2.75) is 31.7 Å². The third-order valence-electron chi connectivity index (χ3n) is 5.37. The number of ether oxygens (including phenoxy) is 2. The molecule has 0 aliphatic rings. The van der Waals surface area contributed by atoms with Gasteiger partial charge in [-0.05, 0) is 57.2 Å². The highest BCUT2D eigenvalue weighted by atomic mass is 32.2. The van der Waals surface area contributed by atoms with Crippen molar-refractivity contribution in [3.63, 3.8) is 0 Å². The summed E-state index contributed by atoms with van der Waals surface area (Å²) in [5, 5.41) is 0. The SMILES string of the molecule is COCC(C)n1c(C)cc(C(=O)COC(=O)c2cccc(NS(=O)(=O)c3ccccc3)c2)c1C. The van der Waals surface area contributed by atoms with Gasteiger partial charge in [0.05, 0.1) is 23.1 Å². The number of Topliss-reactive ketones (excluding diaryl/α,β-unsaturated/α-hetero) is 1. The number of hydrogen-bond acceptors (Lipinski definition) is 6. The van der Waals surface area contributed by atoms with Crippen LogP contribution in [-0.2, 0) is 19.5 Å². The van der Waals surface area contributed by atoms with Crippen molar-refractivity contribution < 1.29 is 27.5 Å². The molecule has 3 rings (SSSR count). The predicted octanol–water partition coefficient (Wildman–Crippen LogP) is 4.15. The van der Waals surface area contributed by atoms with E-state index in [9.17, 15) is 18.0 Å². The lowest BCUT2D eigenvalue weighted by atomic mass is 10.1. The molecule has 2 aromatic carbocycles. The number of aromatic nitrogens is 1. The number of anilines is 1. The summed E-state index contributed by atoms with van der Waals surface area (Å²) in [5.74, 6) is -1.05. The molecular formula is C25H28N2O6S. The van der Waals surface area contributed by atoms with E-state index in [1.165, 1.54) is 36.4 Å². The maximum Gasteiger partial charge on any atom is 0.338 e. The molecule has 8 nitrogen and oxygen atoms in total. The number of sulfonamides is 1. The van der Waals surface area contributed by atoms with Crippen LogP contribution >= 0.6 is 0 Å². The van der Waals surface area contributed by atoms with Gasteiger partial charge >= 0.3 is 5.97 Å². The number of carbonyl (C=O) groups is 2. The average molecular weight is 485 g/mol. The highest BCUT2D eigenvalue weighted by Gasteiger charge is 2.21. The van der Waals surface area contributed by atoms with Crippen LogP contribution in [0.4, 0.5) is 5.69 Å². The lowest BCUT2D eigenvalue weighted by Crippen LogP contribution is -2.17. The van der Waals surface area contributed by atoms with Gasteiger partial charge in [0.1, 0.15) is 0 Å². The number of nitrogens with zero attached hydrogens (tertiary/aromatic N) is 1. The number of esters is 1. The fourth-order valence-corrected chi connectivity index (χ4v) is 4.94. The minimum absolute atomic E-state index is 0.0523. The first-order valence-electron chi connectivity index (χ1n) is 10.7. The third-order valence-corrected chi connectivity index (χ3v) is 6.77. The number of aryl methyl sites for hydroxylation is 1. The fraction of sp³-hybridized carbons (Fsp3) is 0.280. The van der Waals surface area contributed by atoms with Crippen LogP contribution < -0.4 is 4.72 Å². The van der Waals surface area contributed by atoms with Crippen LogP contribution in [0.1, 0.15) is 45.1 Å². The zero-order valence-corrected chi connectivity index (χ0v) is 20.4. The fourth-order valence-electron chi connectivity index (χ4n) is 3.87. The van der Waals surface area contributed by atoms with Crippen molar-refractivity contribution in [3.05, 3.63) is 83.2 Å². The Bertz CT molecular complexity index is 1280. The van der Waals surface area contributed by atoms with Crippen LogP contribution in [0.25, 0.3) is 0 Å². The minimum atomic E-state index is -3.80. The summed E-state index contributed by atoms with van der Waals surface area (Å²) >= 11 is 0. The van der Waals surface area contributed by atoms with E-state index in [0.29, 0.717) is 12.2 Å². The Kier molecular flexibility index (Phi) is 7.90. The van der Waals surface area contributed by atoms with E-state index in [1.54, 1.807) is 31.4 Å². The molecule has 34 heavy (non-hydrogen) atoms. The first kappa shape index (κ1) is 25.2. The molecule has 1 heterocycles. The quantitative estimate of drug-likeness (QED) is 0.342. The number of benzene rings is 2. The maximum absolute atomic E-state index is 12.7. The maximum atomic E-state index is 12.7. The zero-order valence-electron chi connectivity index (χ0n) is 19.6. The molecule has 0 bridgehead atoms. The van der Waals surface area contributed by atoms with Crippen LogP contribution in [-0.4, -0.2) is 45.1 Å². The molecule has 9 heteroatoms. The first-order chi connectivity index (χ1) is 16.1. The van der Waals surface area contributed by atoms with Gasteiger partial charge in [-0.2, -0.15) is 0 Å². The topological polar surface area (TPSA) is 104 Å². The molecule has 180 valence electrons. The van der Waals surface area contributed by atoms with Crippen molar-refractivity contribution in [1.29, 1.82) is 0 Å². The van der Waals surface area contributed by atoms with Gasteiger partial charge in [-0.15, -0.1) is 0 Å². The van der Waals surface area contributed by atoms with Crippen LogP contribution in [0.3, 0.4) is 0 Å². The molecule has 0 amide bonds. The van der Waals surface area contributed by atoms with E-state index in [0.717, 1.165) is 11.4 Å². The van der Waals surface area contributed by atoms with Gasteiger partial charge in [-0.3, -0.25) is 9.52 Å². The number of hydrogen-bond donors (Lipinski definition) is 1. The van der Waals surface area contributed by atoms with E-state index >= 15 is 0 Å². The monoisotopic (exact) mass is 484 g/mol. The summed E-state index contributed by atoms with van der Waals surface area (Å²) in [5.41, 5.74) is 2.51. The van der Waals surface area contributed by atoms with Crippen molar-refractivity contribution in [3.8, 4) is 0 Å². The van der Waals surface area contributed by atoms with Crippen molar-refractivity contribution in [2.24, 2.45) is 0 Å². The second-order valence-corrected chi connectivity index (χ2v) is 9.64. The van der Waals surface area contributed by atoms with E-state index in [-0.39, 0.29) is 28.0 Å². The summed E-state index contributed by atoms with van der Waals surface area (Å²) in [6, 6.07) is 15.6. The molecule has 1 atom stereocenters. The van der Waals surface area contributed by atoms with Gasteiger partial charge in [0.2, 0.25) is 5.78 Å². The number of ketones is 1. The van der Waals surface area contributed by atoms with Crippen molar-refractivity contribution in [1.82, 2.24) is 4.57 Å². The molecule has 0 aliphatic carbocycles. The lowest BCUT2D eigenvalue weighted by molar-refractivity contribution is 0.0474. The van der Waals surface area contributed by atoms with E-state index < -0.39 is 22.6 Å². The molecule has 0 spiro atoms. The normalized spacial score (nSPS) is 12.2. The molecule has 0 aliphatic heterocycles. The average Bonchev–Trinajstić information content (AvgIpc) is 3.11.